The molecule has 0 unspecified atom stereocenters. The molecule has 6 heteroatoms. The van der Waals surface area contributed by atoms with Gasteiger partial charge in [-0.25, -0.2) is 9.97 Å². The first-order chi connectivity index (χ1) is 14.3. The van der Waals surface area contributed by atoms with E-state index in [9.17, 15) is 4.79 Å². The molecule has 4 rings (SSSR count). The largest absolute Gasteiger partial charge is 0.361 e. The fourth-order valence-corrected chi connectivity index (χ4v) is 3.40. The third-order valence-corrected chi connectivity index (χ3v) is 4.89. The summed E-state index contributed by atoms with van der Waals surface area (Å²) in [5.41, 5.74) is 3.65. The highest BCUT2D eigenvalue weighted by molar-refractivity contribution is 5.92. The Morgan fingerprint density at radius 3 is 2.59 bits per heavy atom. The number of amides is 1. The summed E-state index contributed by atoms with van der Waals surface area (Å²) in [7, 11) is 0. The minimum absolute atomic E-state index is 0.216. The number of hydrogen-bond acceptors (Lipinski definition) is 4. The monoisotopic (exact) mass is 385 g/mol. The molecule has 0 aliphatic rings. The lowest BCUT2D eigenvalue weighted by atomic mass is 10.1. The zero-order chi connectivity index (χ0) is 20.1. The van der Waals surface area contributed by atoms with E-state index in [1.807, 2.05) is 59.6 Å². The van der Waals surface area contributed by atoms with Gasteiger partial charge >= 0.3 is 0 Å². The first-order valence-corrected chi connectivity index (χ1v) is 9.74. The van der Waals surface area contributed by atoms with Crippen molar-refractivity contribution in [2.75, 3.05) is 18.0 Å². The van der Waals surface area contributed by atoms with Crippen molar-refractivity contribution in [1.82, 2.24) is 20.3 Å². The molecule has 0 saturated heterocycles. The molecular formula is C23H23N5O. The van der Waals surface area contributed by atoms with Gasteiger partial charge in [0.05, 0.1) is 12.4 Å². The quantitative estimate of drug-likeness (QED) is 0.503. The molecule has 4 aromatic rings. The van der Waals surface area contributed by atoms with Gasteiger partial charge in [0.15, 0.2) is 5.82 Å². The average Bonchev–Trinajstić information content (AvgIpc) is 3.19. The number of aromatic amines is 1. The molecule has 29 heavy (non-hydrogen) atoms. The maximum absolute atomic E-state index is 12.4. The molecule has 0 bridgehead atoms. The first-order valence-electron chi connectivity index (χ1n) is 9.74. The minimum Gasteiger partial charge on any atom is -0.361 e. The molecule has 0 radical (unpaired) electrons. The first kappa shape index (κ1) is 18.7. The summed E-state index contributed by atoms with van der Waals surface area (Å²) in [4.78, 5) is 26.5. The van der Waals surface area contributed by atoms with Crippen LogP contribution in [0.4, 0.5) is 11.5 Å². The topological polar surface area (TPSA) is 73.9 Å². The van der Waals surface area contributed by atoms with Crippen LogP contribution in [0.15, 0.2) is 73.2 Å². The van der Waals surface area contributed by atoms with E-state index >= 15 is 0 Å². The molecule has 1 amide bonds. The van der Waals surface area contributed by atoms with Crippen LogP contribution in [0.5, 0.6) is 0 Å². The number of anilines is 2. The number of aromatic nitrogens is 3. The van der Waals surface area contributed by atoms with Crippen molar-refractivity contribution >= 4 is 28.3 Å². The number of H-pyrrole nitrogens is 1. The van der Waals surface area contributed by atoms with Gasteiger partial charge in [-0.3, -0.25) is 4.79 Å². The summed E-state index contributed by atoms with van der Waals surface area (Å²) in [5, 5.41) is 4.11. The Morgan fingerprint density at radius 2 is 1.83 bits per heavy atom. The van der Waals surface area contributed by atoms with Gasteiger partial charge in [-0.1, -0.05) is 36.4 Å². The fraction of sp³-hybridized carbons (Fsp3) is 0.174. The standard InChI is InChI=1S/C23H23N5O/c1-2-28(18-8-4-3-5-9-18)22-16-26-21(15-27-22)23(29)24-13-12-17-14-25-20-11-7-6-10-19(17)20/h3-11,14-16,25H,2,12-13H2,1H3,(H,24,29). The lowest BCUT2D eigenvalue weighted by Gasteiger charge is -2.21. The van der Waals surface area contributed by atoms with Crippen LogP contribution < -0.4 is 10.2 Å². The van der Waals surface area contributed by atoms with Crippen LogP contribution in [-0.4, -0.2) is 33.9 Å². The molecule has 2 N–H and O–H groups in total. The molecule has 146 valence electrons. The van der Waals surface area contributed by atoms with Crippen LogP contribution in [0.1, 0.15) is 23.0 Å². The Hall–Kier alpha value is -3.67. The second kappa shape index (κ2) is 8.56. The van der Waals surface area contributed by atoms with E-state index in [4.69, 9.17) is 0 Å². The number of carbonyl (C=O) groups excluding carboxylic acids is 1. The third kappa shape index (κ3) is 4.11. The Morgan fingerprint density at radius 1 is 1.03 bits per heavy atom. The van der Waals surface area contributed by atoms with Crippen LogP contribution in [-0.2, 0) is 6.42 Å². The van der Waals surface area contributed by atoms with Crippen molar-refractivity contribution in [3.8, 4) is 0 Å². The van der Waals surface area contributed by atoms with E-state index in [0.29, 0.717) is 18.1 Å². The number of rotatable bonds is 7. The summed E-state index contributed by atoms with van der Waals surface area (Å²) in [6.45, 7) is 3.35. The van der Waals surface area contributed by atoms with Crippen LogP contribution >= 0.6 is 0 Å². The highest BCUT2D eigenvalue weighted by Gasteiger charge is 2.12. The van der Waals surface area contributed by atoms with Gasteiger partial charge in [-0.05, 0) is 37.1 Å². The molecule has 0 atom stereocenters. The predicted molar refractivity (Wildman–Crippen MR) is 115 cm³/mol. The summed E-state index contributed by atoms with van der Waals surface area (Å²) >= 11 is 0. The second-order valence-electron chi connectivity index (χ2n) is 6.71. The number of nitrogens with zero attached hydrogens (tertiary/aromatic N) is 3. The van der Waals surface area contributed by atoms with E-state index in [2.05, 4.69) is 33.3 Å². The molecule has 0 saturated carbocycles. The van der Waals surface area contributed by atoms with E-state index in [1.165, 1.54) is 17.1 Å². The Labute approximate surface area is 169 Å². The van der Waals surface area contributed by atoms with Crippen molar-refractivity contribution < 1.29 is 4.79 Å². The molecule has 2 aromatic heterocycles. The SMILES string of the molecule is CCN(c1ccccc1)c1cnc(C(=O)NCCc2c[nH]c3ccccc23)cn1. The molecule has 6 nitrogen and oxygen atoms in total. The second-order valence-corrected chi connectivity index (χ2v) is 6.71. The Kier molecular flexibility index (Phi) is 5.52. The number of para-hydroxylation sites is 2. The number of hydrogen-bond donors (Lipinski definition) is 2. The zero-order valence-corrected chi connectivity index (χ0v) is 16.3. The van der Waals surface area contributed by atoms with Crippen LogP contribution in [0.2, 0.25) is 0 Å². The predicted octanol–water partition coefficient (Wildman–Crippen LogP) is 4.09. The minimum atomic E-state index is -0.216. The molecule has 0 aliphatic heterocycles. The highest BCUT2D eigenvalue weighted by atomic mass is 16.1. The normalized spacial score (nSPS) is 10.8. The van der Waals surface area contributed by atoms with E-state index < -0.39 is 0 Å². The van der Waals surface area contributed by atoms with Crippen molar-refractivity contribution in [2.24, 2.45) is 0 Å². The highest BCUT2D eigenvalue weighted by Crippen LogP contribution is 2.22. The number of carbonyl (C=O) groups is 1. The Balaban J connectivity index is 1.38. The van der Waals surface area contributed by atoms with Gasteiger partial charge in [-0.15, -0.1) is 0 Å². The smallest absolute Gasteiger partial charge is 0.271 e. The molecule has 0 spiro atoms. The van der Waals surface area contributed by atoms with Gasteiger partial charge in [0, 0.05) is 35.9 Å². The molecule has 2 aromatic carbocycles. The third-order valence-electron chi connectivity index (χ3n) is 4.89. The van der Waals surface area contributed by atoms with Gasteiger partial charge in [-0.2, -0.15) is 0 Å². The average molecular weight is 385 g/mol. The van der Waals surface area contributed by atoms with E-state index in [0.717, 1.165) is 24.2 Å². The van der Waals surface area contributed by atoms with Crippen molar-refractivity contribution in [1.29, 1.82) is 0 Å². The molecule has 0 fully saturated rings. The molecular weight excluding hydrogens is 362 g/mol. The van der Waals surface area contributed by atoms with E-state index in [-0.39, 0.29) is 5.91 Å². The van der Waals surface area contributed by atoms with Gasteiger partial charge in [0.25, 0.3) is 5.91 Å². The maximum Gasteiger partial charge on any atom is 0.271 e. The van der Waals surface area contributed by atoms with Crippen molar-refractivity contribution in [2.45, 2.75) is 13.3 Å². The summed E-state index contributed by atoms with van der Waals surface area (Å²) < 4.78 is 0. The van der Waals surface area contributed by atoms with Crippen LogP contribution in [0, 0.1) is 0 Å². The van der Waals surface area contributed by atoms with E-state index in [1.54, 1.807) is 6.20 Å². The van der Waals surface area contributed by atoms with Crippen molar-refractivity contribution in [3.63, 3.8) is 0 Å². The van der Waals surface area contributed by atoms with Crippen molar-refractivity contribution in [3.05, 3.63) is 84.4 Å². The Bertz CT molecular complexity index is 1090. The van der Waals surface area contributed by atoms with Gasteiger partial charge < -0.3 is 15.2 Å². The van der Waals surface area contributed by atoms with Crippen LogP contribution in [0.25, 0.3) is 10.9 Å². The van der Waals surface area contributed by atoms with Gasteiger partial charge in [0.2, 0.25) is 0 Å². The maximum atomic E-state index is 12.4. The molecule has 0 aliphatic carbocycles. The number of nitrogens with one attached hydrogen (secondary N) is 2. The lowest BCUT2D eigenvalue weighted by Crippen LogP contribution is -2.27. The number of fused-ring (bicyclic) bond motifs is 1. The summed E-state index contributed by atoms with van der Waals surface area (Å²) in [5.74, 6) is 0.501. The number of benzene rings is 2. The zero-order valence-electron chi connectivity index (χ0n) is 16.3. The fourth-order valence-electron chi connectivity index (χ4n) is 3.40. The van der Waals surface area contributed by atoms with Crippen LogP contribution in [0.3, 0.4) is 0 Å². The molecule has 2 heterocycles. The van der Waals surface area contributed by atoms with Gasteiger partial charge in [0.1, 0.15) is 5.69 Å². The lowest BCUT2D eigenvalue weighted by molar-refractivity contribution is 0.0949. The summed E-state index contributed by atoms with van der Waals surface area (Å²) in [6.07, 6.45) is 5.92. The summed E-state index contributed by atoms with van der Waals surface area (Å²) in [6, 6.07) is 18.2.